The molecule has 0 aromatic carbocycles. The number of pyridine rings is 1. The van der Waals surface area contributed by atoms with Crippen molar-refractivity contribution in [1.29, 1.82) is 0 Å². The number of likely N-dealkylation sites (N-methyl/N-ethyl adjacent to an activating group) is 1. The summed E-state index contributed by atoms with van der Waals surface area (Å²) in [7, 11) is 3.37. The number of anilines is 1. The zero-order chi connectivity index (χ0) is 15.1. The second kappa shape index (κ2) is 7.95. The third-order valence-electron chi connectivity index (χ3n) is 3.74. The summed E-state index contributed by atoms with van der Waals surface area (Å²) in [5, 5.41) is 6.08. The van der Waals surface area contributed by atoms with Gasteiger partial charge < -0.3 is 20.3 Å². The first-order chi connectivity index (χ1) is 10.3. The van der Waals surface area contributed by atoms with Crippen molar-refractivity contribution >= 4 is 11.7 Å². The molecule has 0 radical (unpaired) electrons. The molecule has 1 aromatic heterocycles. The molecular formula is C15H24N4O2. The van der Waals surface area contributed by atoms with Crippen molar-refractivity contribution in [2.24, 2.45) is 0 Å². The number of carbonyl (C=O) groups is 1. The van der Waals surface area contributed by atoms with Crippen molar-refractivity contribution < 1.29 is 9.53 Å². The third-order valence-corrected chi connectivity index (χ3v) is 3.74. The number of aromatic nitrogens is 1. The van der Waals surface area contributed by atoms with Crippen LogP contribution in [0.5, 0.6) is 0 Å². The normalized spacial score (nSPS) is 18.0. The molecule has 1 saturated heterocycles. The highest BCUT2D eigenvalue weighted by molar-refractivity contribution is 5.85. The van der Waals surface area contributed by atoms with Crippen molar-refractivity contribution in [3.63, 3.8) is 0 Å². The summed E-state index contributed by atoms with van der Waals surface area (Å²) >= 11 is 0. The number of ether oxygens (including phenoxy) is 1. The van der Waals surface area contributed by atoms with E-state index in [9.17, 15) is 4.79 Å². The highest BCUT2D eigenvalue weighted by Crippen LogP contribution is 2.26. The van der Waals surface area contributed by atoms with E-state index in [1.54, 1.807) is 20.4 Å². The van der Waals surface area contributed by atoms with Crippen LogP contribution in [0.15, 0.2) is 18.3 Å². The Morgan fingerprint density at radius 3 is 3.19 bits per heavy atom. The van der Waals surface area contributed by atoms with Gasteiger partial charge in [-0.05, 0) is 18.9 Å². The minimum atomic E-state index is -0.109. The van der Waals surface area contributed by atoms with Gasteiger partial charge in [0.05, 0.1) is 6.61 Å². The molecule has 2 rings (SSSR count). The van der Waals surface area contributed by atoms with Crippen LogP contribution in [-0.4, -0.2) is 50.8 Å². The van der Waals surface area contributed by atoms with Crippen molar-refractivity contribution in [3.8, 4) is 0 Å². The molecule has 116 valence electrons. The smallest absolute Gasteiger partial charge is 0.242 e. The number of hydrogen-bond acceptors (Lipinski definition) is 5. The molecule has 2 N–H and O–H groups in total. The maximum absolute atomic E-state index is 12.0. The molecule has 0 saturated carbocycles. The summed E-state index contributed by atoms with van der Waals surface area (Å²) in [5.74, 6) is 0.977. The van der Waals surface area contributed by atoms with Crippen LogP contribution in [0.25, 0.3) is 0 Å². The lowest BCUT2D eigenvalue weighted by molar-refractivity contribution is -0.121. The fourth-order valence-corrected chi connectivity index (χ4v) is 2.68. The standard InChI is InChI=1S/C15H24N4O2/c1-16-15(20)13-6-4-9-19(13)14-12(5-3-7-18-14)11-17-8-10-21-2/h3,5,7,13,17H,4,6,8-11H2,1-2H3,(H,16,20). The summed E-state index contributed by atoms with van der Waals surface area (Å²) in [6, 6.07) is 3.88. The predicted octanol–water partition coefficient (Wildman–Crippen LogP) is 0.532. The van der Waals surface area contributed by atoms with E-state index in [1.807, 2.05) is 6.07 Å². The second-order valence-electron chi connectivity index (χ2n) is 5.12. The number of carbonyl (C=O) groups excluding carboxylic acids is 1. The molecule has 1 amide bonds. The Labute approximate surface area is 125 Å². The van der Waals surface area contributed by atoms with E-state index in [1.165, 1.54) is 0 Å². The molecule has 1 aromatic rings. The van der Waals surface area contributed by atoms with Crippen molar-refractivity contribution in [1.82, 2.24) is 15.6 Å². The van der Waals surface area contributed by atoms with Gasteiger partial charge in [0.15, 0.2) is 0 Å². The summed E-state index contributed by atoms with van der Waals surface area (Å²) in [4.78, 5) is 18.6. The highest BCUT2D eigenvalue weighted by atomic mass is 16.5. The van der Waals surface area contributed by atoms with Crippen molar-refractivity contribution in [2.45, 2.75) is 25.4 Å². The van der Waals surface area contributed by atoms with Crippen LogP contribution < -0.4 is 15.5 Å². The fourth-order valence-electron chi connectivity index (χ4n) is 2.68. The lowest BCUT2D eigenvalue weighted by atomic mass is 10.2. The lowest BCUT2D eigenvalue weighted by Crippen LogP contribution is -2.42. The maximum atomic E-state index is 12.0. The maximum Gasteiger partial charge on any atom is 0.242 e. The van der Waals surface area contributed by atoms with Gasteiger partial charge in [0.2, 0.25) is 5.91 Å². The first-order valence-corrected chi connectivity index (χ1v) is 7.39. The Bertz CT molecular complexity index is 467. The predicted molar refractivity (Wildman–Crippen MR) is 82.3 cm³/mol. The number of nitrogens with one attached hydrogen (secondary N) is 2. The molecule has 2 heterocycles. The molecule has 1 unspecified atom stereocenters. The Morgan fingerprint density at radius 1 is 1.57 bits per heavy atom. The summed E-state index contributed by atoms with van der Waals surface area (Å²) in [6.45, 7) is 3.08. The highest BCUT2D eigenvalue weighted by Gasteiger charge is 2.31. The molecule has 0 aliphatic carbocycles. The van der Waals surface area contributed by atoms with Gasteiger partial charge in [-0.15, -0.1) is 0 Å². The van der Waals surface area contributed by atoms with Crippen LogP contribution in [0.3, 0.4) is 0 Å². The fraction of sp³-hybridized carbons (Fsp3) is 0.600. The van der Waals surface area contributed by atoms with Crippen LogP contribution in [0.1, 0.15) is 18.4 Å². The Balaban J connectivity index is 2.09. The minimum Gasteiger partial charge on any atom is -0.383 e. The number of amides is 1. The zero-order valence-electron chi connectivity index (χ0n) is 12.8. The number of nitrogens with zero attached hydrogens (tertiary/aromatic N) is 2. The third kappa shape index (κ3) is 3.92. The molecule has 1 aliphatic rings. The van der Waals surface area contributed by atoms with Gasteiger partial charge in [-0.2, -0.15) is 0 Å². The molecule has 1 fully saturated rings. The average molecular weight is 292 g/mol. The van der Waals surface area contributed by atoms with Gasteiger partial charge in [-0.25, -0.2) is 4.98 Å². The summed E-state index contributed by atoms with van der Waals surface area (Å²) < 4.78 is 5.03. The monoisotopic (exact) mass is 292 g/mol. The van der Waals surface area contributed by atoms with Gasteiger partial charge in [0.25, 0.3) is 0 Å². The Hall–Kier alpha value is -1.66. The van der Waals surface area contributed by atoms with E-state index in [-0.39, 0.29) is 11.9 Å². The van der Waals surface area contributed by atoms with Gasteiger partial charge >= 0.3 is 0 Å². The van der Waals surface area contributed by atoms with Gasteiger partial charge in [0, 0.05) is 45.6 Å². The van der Waals surface area contributed by atoms with Crippen LogP contribution in [0, 0.1) is 0 Å². The molecule has 1 aliphatic heterocycles. The van der Waals surface area contributed by atoms with E-state index in [0.717, 1.165) is 43.9 Å². The molecular weight excluding hydrogens is 268 g/mol. The SMILES string of the molecule is CNC(=O)C1CCCN1c1ncccc1CNCCOC. The largest absolute Gasteiger partial charge is 0.383 e. The van der Waals surface area contributed by atoms with E-state index < -0.39 is 0 Å². The zero-order valence-corrected chi connectivity index (χ0v) is 12.8. The molecule has 0 bridgehead atoms. The summed E-state index contributed by atoms with van der Waals surface area (Å²) in [5.41, 5.74) is 1.12. The Morgan fingerprint density at radius 2 is 2.43 bits per heavy atom. The quantitative estimate of drug-likeness (QED) is 0.718. The number of hydrogen-bond donors (Lipinski definition) is 2. The van der Waals surface area contributed by atoms with Crippen LogP contribution in [0.2, 0.25) is 0 Å². The van der Waals surface area contributed by atoms with E-state index in [0.29, 0.717) is 6.61 Å². The molecule has 21 heavy (non-hydrogen) atoms. The van der Waals surface area contributed by atoms with Crippen LogP contribution in [-0.2, 0) is 16.1 Å². The number of rotatable bonds is 7. The van der Waals surface area contributed by atoms with Gasteiger partial charge in [-0.1, -0.05) is 6.07 Å². The summed E-state index contributed by atoms with van der Waals surface area (Å²) in [6.07, 6.45) is 3.69. The average Bonchev–Trinajstić information content (AvgIpc) is 3.00. The van der Waals surface area contributed by atoms with E-state index >= 15 is 0 Å². The lowest BCUT2D eigenvalue weighted by Gasteiger charge is -2.26. The van der Waals surface area contributed by atoms with E-state index in [4.69, 9.17) is 4.74 Å². The Kier molecular flexibility index (Phi) is 5.95. The first kappa shape index (κ1) is 15.7. The van der Waals surface area contributed by atoms with Crippen molar-refractivity contribution in [3.05, 3.63) is 23.9 Å². The van der Waals surface area contributed by atoms with Gasteiger partial charge in [0.1, 0.15) is 11.9 Å². The molecule has 6 heteroatoms. The molecule has 0 spiro atoms. The number of methoxy groups -OCH3 is 1. The first-order valence-electron chi connectivity index (χ1n) is 7.39. The molecule has 6 nitrogen and oxygen atoms in total. The minimum absolute atomic E-state index is 0.0662. The van der Waals surface area contributed by atoms with Crippen LogP contribution >= 0.6 is 0 Å². The molecule has 1 atom stereocenters. The van der Waals surface area contributed by atoms with Crippen LogP contribution in [0.4, 0.5) is 5.82 Å². The topological polar surface area (TPSA) is 66.5 Å². The van der Waals surface area contributed by atoms with E-state index in [2.05, 4.69) is 26.6 Å². The van der Waals surface area contributed by atoms with Crippen molar-refractivity contribution in [2.75, 3.05) is 38.8 Å². The second-order valence-corrected chi connectivity index (χ2v) is 5.12. The van der Waals surface area contributed by atoms with Gasteiger partial charge in [-0.3, -0.25) is 4.79 Å².